The molecule has 0 radical (unpaired) electrons. The maximum absolute atomic E-state index is 12.9. The van der Waals surface area contributed by atoms with Crippen LogP contribution in [0, 0.1) is 0 Å². The zero-order valence-electron chi connectivity index (χ0n) is 19.3. The molecule has 4 unspecified atom stereocenters. The number of nitrogens with one attached hydrogen (secondary N) is 2. The van der Waals surface area contributed by atoms with Gasteiger partial charge in [-0.15, -0.1) is 0 Å². The Morgan fingerprint density at radius 1 is 0.972 bits per heavy atom. The molecule has 11 heteroatoms. The van der Waals surface area contributed by atoms with E-state index < -0.39 is 30.4 Å². The molecule has 184 valence electrons. The van der Waals surface area contributed by atoms with Gasteiger partial charge in [0.15, 0.2) is 29.3 Å². The highest BCUT2D eigenvalue weighted by Gasteiger charge is 2.47. The van der Waals surface area contributed by atoms with Gasteiger partial charge >= 0.3 is 0 Å². The number of aliphatic hydroxyl groups is 2. The molecule has 1 aliphatic heterocycles. The van der Waals surface area contributed by atoms with Crippen LogP contribution in [0.15, 0.2) is 67.3 Å². The number of carbonyl (C=O) groups excluding carboxylic acids is 2. The van der Waals surface area contributed by atoms with Crippen molar-refractivity contribution in [3.63, 3.8) is 0 Å². The van der Waals surface area contributed by atoms with E-state index in [-0.39, 0.29) is 22.9 Å². The van der Waals surface area contributed by atoms with Crippen molar-refractivity contribution in [1.29, 1.82) is 0 Å². The lowest BCUT2D eigenvalue weighted by Gasteiger charge is -2.16. The maximum atomic E-state index is 12.9. The average Bonchev–Trinajstić information content (AvgIpc) is 3.46. The van der Waals surface area contributed by atoms with Crippen molar-refractivity contribution in [2.75, 3.05) is 11.9 Å². The van der Waals surface area contributed by atoms with Crippen LogP contribution < -0.4 is 10.6 Å². The van der Waals surface area contributed by atoms with E-state index in [1.54, 1.807) is 19.1 Å². The summed E-state index contributed by atoms with van der Waals surface area (Å²) in [7, 11) is 0. The molecule has 4 aromatic rings. The Labute approximate surface area is 205 Å². The number of carbonyl (C=O) groups is 2. The number of hydrogen-bond acceptors (Lipinski definition) is 8. The smallest absolute Gasteiger partial charge is 0.256 e. The van der Waals surface area contributed by atoms with Gasteiger partial charge in [0.2, 0.25) is 0 Å². The van der Waals surface area contributed by atoms with Crippen LogP contribution in [0.2, 0.25) is 0 Å². The molecule has 3 heterocycles. The Balaban J connectivity index is 1.37. The van der Waals surface area contributed by atoms with Crippen molar-refractivity contribution < 1.29 is 24.5 Å². The Morgan fingerprint density at radius 2 is 1.69 bits per heavy atom. The fourth-order valence-corrected chi connectivity index (χ4v) is 4.13. The first kappa shape index (κ1) is 23.5. The third-order valence-electron chi connectivity index (χ3n) is 5.97. The van der Waals surface area contributed by atoms with Crippen LogP contribution in [-0.2, 0) is 9.53 Å². The average molecular weight is 489 g/mol. The van der Waals surface area contributed by atoms with Gasteiger partial charge in [-0.3, -0.25) is 14.2 Å². The first-order valence-electron chi connectivity index (χ1n) is 11.4. The second kappa shape index (κ2) is 9.82. The van der Waals surface area contributed by atoms with Crippen molar-refractivity contribution >= 4 is 28.8 Å². The van der Waals surface area contributed by atoms with Gasteiger partial charge in [0.05, 0.1) is 6.33 Å². The van der Waals surface area contributed by atoms with Gasteiger partial charge in [-0.1, -0.05) is 42.5 Å². The number of fused-ring (bicyclic) bond motifs is 1. The van der Waals surface area contributed by atoms with E-state index in [0.717, 1.165) is 11.1 Å². The highest BCUT2D eigenvalue weighted by molar-refractivity contribution is 6.06. The summed E-state index contributed by atoms with van der Waals surface area (Å²) in [6, 6.07) is 17.0. The number of amides is 2. The molecule has 2 aromatic carbocycles. The van der Waals surface area contributed by atoms with E-state index >= 15 is 0 Å². The standard InChI is InChI=1S/C25H24N6O5/c1-2-26-24(35)20-18(32)19(33)25(36-20)31-13-29-17-21(27-12-28-22(17)31)30-23(34)16-10-8-15(9-11-16)14-6-4-3-5-7-14/h3-13,18-20,25,32-33H,2H2,1H3,(H,26,35)(H,27,28,30,34). The Morgan fingerprint density at radius 3 is 2.42 bits per heavy atom. The number of hydrogen-bond donors (Lipinski definition) is 4. The molecule has 0 aliphatic carbocycles. The van der Waals surface area contributed by atoms with Gasteiger partial charge in [0.1, 0.15) is 18.5 Å². The van der Waals surface area contributed by atoms with Crippen LogP contribution in [0.4, 0.5) is 5.82 Å². The summed E-state index contributed by atoms with van der Waals surface area (Å²) < 4.78 is 7.05. The number of aromatic nitrogens is 4. The molecule has 5 rings (SSSR count). The molecule has 2 aromatic heterocycles. The van der Waals surface area contributed by atoms with Crippen molar-refractivity contribution in [2.45, 2.75) is 31.5 Å². The van der Waals surface area contributed by atoms with Crippen LogP contribution in [0.5, 0.6) is 0 Å². The highest BCUT2D eigenvalue weighted by Crippen LogP contribution is 2.32. The van der Waals surface area contributed by atoms with E-state index in [4.69, 9.17) is 4.74 Å². The molecule has 0 bridgehead atoms. The highest BCUT2D eigenvalue weighted by atomic mass is 16.6. The lowest BCUT2D eigenvalue weighted by atomic mass is 10.0. The second-order valence-corrected chi connectivity index (χ2v) is 8.27. The van der Waals surface area contributed by atoms with Crippen molar-refractivity contribution in [2.24, 2.45) is 0 Å². The fraction of sp³-hybridized carbons (Fsp3) is 0.240. The van der Waals surface area contributed by atoms with Crippen LogP contribution in [-0.4, -0.2) is 66.4 Å². The van der Waals surface area contributed by atoms with Crippen molar-refractivity contribution in [1.82, 2.24) is 24.8 Å². The summed E-state index contributed by atoms with van der Waals surface area (Å²) in [5.74, 6) is -0.742. The summed E-state index contributed by atoms with van der Waals surface area (Å²) in [6.07, 6.45) is -2.59. The summed E-state index contributed by atoms with van der Waals surface area (Å²) in [5, 5.41) is 26.2. The minimum Gasteiger partial charge on any atom is -0.387 e. The number of anilines is 1. The molecule has 4 N–H and O–H groups in total. The number of likely N-dealkylation sites (N-methyl/N-ethyl adjacent to an activating group) is 1. The molecule has 2 amide bonds. The van der Waals surface area contributed by atoms with E-state index in [1.165, 1.54) is 17.2 Å². The molecular weight excluding hydrogens is 464 g/mol. The number of benzene rings is 2. The molecule has 36 heavy (non-hydrogen) atoms. The SMILES string of the molecule is CCNC(=O)C1OC(n2cnc3c(NC(=O)c4ccc(-c5ccccc5)cc4)ncnc32)C(O)C1O. The molecule has 0 saturated carbocycles. The number of ether oxygens (including phenoxy) is 1. The van der Waals surface area contributed by atoms with Gasteiger partial charge in [0.25, 0.3) is 11.8 Å². The lowest BCUT2D eigenvalue weighted by molar-refractivity contribution is -0.137. The Bertz CT molecular complexity index is 1390. The summed E-state index contributed by atoms with van der Waals surface area (Å²) in [5.41, 5.74) is 2.98. The predicted molar refractivity (Wildman–Crippen MR) is 130 cm³/mol. The Kier molecular flexibility index (Phi) is 6.42. The predicted octanol–water partition coefficient (Wildman–Crippen LogP) is 1.50. The molecule has 0 spiro atoms. The molecule has 11 nitrogen and oxygen atoms in total. The third-order valence-corrected chi connectivity index (χ3v) is 5.97. The van der Waals surface area contributed by atoms with Gasteiger partial charge in [0, 0.05) is 12.1 Å². The first-order chi connectivity index (χ1) is 17.5. The van der Waals surface area contributed by atoms with E-state index in [2.05, 4.69) is 25.6 Å². The van der Waals surface area contributed by atoms with E-state index in [1.807, 2.05) is 42.5 Å². The van der Waals surface area contributed by atoms with Gasteiger partial charge in [-0.2, -0.15) is 0 Å². The Hall–Kier alpha value is -4.19. The largest absolute Gasteiger partial charge is 0.387 e. The number of imidazole rings is 1. The maximum Gasteiger partial charge on any atom is 0.256 e. The number of aliphatic hydroxyl groups excluding tert-OH is 2. The van der Waals surface area contributed by atoms with Crippen molar-refractivity contribution in [3.8, 4) is 11.1 Å². The molecule has 1 aliphatic rings. The van der Waals surface area contributed by atoms with Crippen molar-refractivity contribution in [3.05, 3.63) is 72.8 Å². The van der Waals surface area contributed by atoms with Gasteiger partial charge in [-0.05, 0) is 30.2 Å². The quantitative estimate of drug-likeness (QED) is 0.319. The van der Waals surface area contributed by atoms with E-state index in [9.17, 15) is 19.8 Å². The molecular formula is C25H24N6O5. The van der Waals surface area contributed by atoms with Gasteiger partial charge in [-0.25, -0.2) is 15.0 Å². The van der Waals surface area contributed by atoms with E-state index in [0.29, 0.717) is 12.1 Å². The zero-order chi connectivity index (χ0) is 25.2. The van der Waals surface area contributed by atoms with Crippen LogP contribution in [0.3, 0.4) is 0 Å². The normalized spacial score (nSPS) is 21.4. The summed E-state index contributed by atoms with van der Waals surface area (Å²) >= 11 is 0. The molecule has 4 atom stereocenters. The minimum absolute atomic E-state index is 0.171. The lowest BCUT2D eigenvalue weighted by Crippen LogP contribution is -2.42. The first-order valence-corrected chi connectivity index (χ1v) is 11.4. The topological polar surface area (TPSA) is 151 Å². The summed E-state index contributed by atoms with van der Waals surface area (Å²) in [4.78, 5) is 37.7. The molecule has 1 fully saturated rings. The zero-order valence-corrected chi connectivity index (χ0v) is 19.3. The third kappa shape index (κ3) is 4.31. The summed E-state index contributed by atoms with van der Waals surface area (Å²) in [6.45, 7) is 2.09. The number of rotatable bonds is 6. The van der Waals surface area contributed by atoms with Crippen LogP contribution in [0.25, 0.3) is 22.3 Å². The van der Waals surface area contributed by atoms with Crippen LogP contribution >= 0.6 is 0 Å². The van der Waals surface area contributed by atoms with Gasteiger partial charge < -0.3 is 25.6 Å². The fourth-order valence-electron chi connectivity index (χ4n) is 4.13. The minimum atomic E-state index is -1.43. The number of nitrogens with zero attached hydrogens (tertiary/aromatic N) is 4. The molecule has 1 saturated heterocycles. The second-order valence-electron chi connectivity index (χ2n) is 8.27. The van der Waals surface area contributed by atoms with Crippen LogP contribution in [0.1, 0.15) is 23.5 Å². The monoisotopic (exact) mass is 488 g/mol.